The SMILES string of the molecule is N#Cc1ccc(NCCCC[C@H](N)C(=O)N2CCC[C@H]2C#N)c(Cl)c1. The molecule has 1 aliphatic rings. The number of halogens is 1. The first-order chi connectivity index (χ1) is 12.1. The van der Waals surface area contributed by atoms with Gasteiger partial charge in [-0.15, -0.1) is 0 Å². The van der Waals surface area contributed by atoms with E-state index in [0.29, 0.717) is 30.1 Å². The summed E-state index contributed by atoms with van der Waals surface area (Å²) < 4.78 is 0. The molecule has 1 aliphatic heterocycles. The van der Waals surface area contributed by atoms with E-state index in [1.165, 1.54) is 0 Å². The summed E-state index contributed by atoms with van der Waals surface area (Å²) in [7, 11) is 0. The Morgan fingerprint density at radius 1 is 1.44 bits per heavy atom. The minimum absolute atomic E-state index is 0.118. The standard InChI is InChI=1S/C18H22ClN5O/c19-15-10-13(11-20)6-7-17(15)23-8-2-1-5-16(22)18(25)24-9-3-4-14(24)12-21/h6-7,10,14,16,23H,1-5,8-9,22H2/t14-,16-/m0/s1. The third-order valence-corrected chi connectivity index (χ3v) is 4.67. The summed E-state index contributed by atoms with van der Waals surface area (Å²) in [5.41, 5.74) is 7.30. The van der Waals surface area contributed by atoms with E-state index in [4.69, 9.17) is 27.9 Å². The van der Waals surface area contributed by atoms with Crippen LogP contribution in [0.1, 0.15) is 37.7 Å². The zero-order valence-electron chi connectivity index (χ0n) is 14.0. The summed E-state index contributed by atoms with van der Waals surface area (Å²) in [6.45, 7) is 1.33. The number of benzene rings is 1. The molecule has 0 spiro atoms. The van der Waals surface area contributed by atoms with Gasteiger partial charge in [0, 0.05) is 13.1 Å². The molecule has 6 nitrogen and oxygen atoms in total. The van der Waals surface area contributed by atoms with Crippen molar-refractivity contribution in [2.45, 2.75) is 44.2 Å². The Kier molecular flexibility index (Phi) is 7.06. The Labute approximate surface area is 153 Å². The normalized spacial score (nSPS) is 17.6. The molecule has 25 heavy (non-hydrogen) atoms. The minimum atomic E-state index is -0.549. The quantitative estimate of drug-likeness (QED) is 0.728. The monoisotopic (exact) mass is 359 g/mol. The van der Waals surface area contributed by atoms with E-state index in [9.17, 15) is 4.79 Å². The van der Waals surface area contributed by atoms with E-state index in [2.05, 4.69) is 11.4 Å². The van der Waals surface area contributed by atoms with Gasteiger partial charge >= 0.3 is 0 Å². The zero-order chi connectivity index (χ0) is 18.2. The van der Waals surface area contributed by atoms with Gasteiger partial charge in [-0.2, -0.15) is 10.5 Å². The van der Waals surface area contributed by atoms with Crippen molar-refractivity contribution in [2.24, 2.45) is 5.73 Å². The highest BCUT2D eigenvalue weighted by Crippen LogP contribution is 2.23. The second-order valence-electron chi connectivity index (χ2n) is 6.15. The molecular formula is C18H22ClN5O. The van der Waals surface area contributed by atoms with Crippen molar-refractivity contribution in [2.75, 3.05) is 18.4 Å². The van der Waals surface area contributed by atoms with E-state index < -0.39 is 6.04 Å². The van der Waals surface area contributed by atoms with Crippen LogP contribution in [-0.2, 0) is 4.79 Å². The number of hydrogen-bond acceptors (Lipinski definition) is 5. The van der Waals surface area contributed by atoms with Gasteiger partial charge in [0.1, 0.15) is 6.04 Å². The van der Waals surface area contributed by atoms with Gasteiger partial charge in [0.15, 0.2) is 0 Å². The molecule has 1 heterocycles. The van der Waals surface area contributed by atoms with Crippen molar-refractivity contribution in [3.63, 3.8) is 0 Å². The predicted octanol–water partition coefficient (Wildman–Crippen LogP) is 2.64. The van der Waals surface area contributed by atoms with Crippen LogP contribution >= 0.6 is 11.6 Å². The highest BCUT2D eigenvalue weighted by atomic mass is 35.5. The summed E-state index contributed by atoms with van der Waals surface area (Å²) >= 11 is 6.10. The first kappa shape index (κ1) is 19.1. The molecule has 132 valence electrons. The summed E-state index contributed by atoms with van der Waals surface area (Å²) in [6, 6.07) is 8.46. The van der Waals surface area contributed by atoms with Crippen molar-refractivity contribution in [3.05, 3.63) is 28.8 Å². The molecule has 0 aromatic heterocycles. The molecule has 2 atom stereocenters. The number of nitrogens with zero attached hydrogens (tertiary/aromatic N) is 3. The number of carbonyl (C=O) groups excluding carboxylic acids is 1. The van der Waals surface area contributed by atoms with E-state index in [1.807, 2.05) is 6.07 Å². The van der Waals surface area contributed by atoms with Gasteiger partial charge in [-0.25, -0.2) is 0 Å². The number of unbranched alkanes of at least 4 members (excludes halogenated alkanes) is 1. The summed E-state index contributed by atoms with van der Waals surface area (Å²) in [5, 5.41) is 21.6. The number of likely N-dealkylation sites (tertiary alicyclic amines) is 1. The molecule has 0 saturated carbocycles. The minimum Gasteiger partial charge on any atom is -0.384 e. The molecule has 2 rings (SSSR count). The second-order valence-corrected chi connectivity index (χ2v) is 6.56. The molecule has 7 heteroatoms. The molecule has 3 N–H and O–H groups in total. The third kappa shape index (κ3) is 5.09. The highest BCUT2D eigenvalue weighted by Gasteiger charge is 2.31. The summed E-state index contributed by atoms with van der Waals surface area (Å²) in [5.74, 6) is -0.118. The Bertz CT molecular complexity index is 694. The van der Waals surface area contributed by atoms with E-state index in [-0.39, 0.29) is 11.9 Å². The second kappa shape index (κ2) is 9.27. The lowest BCUT2D eigenvalue weighted by Crippen LogP contribution is -2.45. The van der Waals surface area contributed by atoms with Crippen LogP contribution in [0.2, 0.25) is 5.02 Å². The van der Waals surface area contributed by atoms with Gasteiger partial charge in [-0.1, -0.05) is 11.6 Å². The van der Waals surface area contributed by atoms with Crippen LogP contribution in [0.3, 0.4) is 0 Å². The molecule has 1 saturated heterocycles. The van der Waals surface area contributed by atoms with Crippen molar-refractivity contribution in [1.29, 1.82) is 10.5 Å². The Morgan fingerprint density at radius 3 is 2.92 bits per heavy atom. The molecular weight excluding hydrogens is 338 g/mol. The van der Waals surface area contributed by atoms with Crippen LogP contribution in [0.5, 0.6) is 0 Å². The van der Waals surface area contributed by atoms with Gasteiger partial charge in [0.2, 0.25) is 5.91 Å². The van der Waals surface area contributed by atoms with Crippen LogP contribution in [0, 0.1) is 22.7 Å². The maximum atomic E-state index is 12.3. The van der Waals surface area contributed by atoms with E-state index in [0.717, 1.165) is 31.4 Å². The molecule has 1 fully saturated rings. The average molecular weight is 360 g/mol. The maximum absolute atomic E-state index is 12.3. The van der Waals surface area contributed by atoms with Crippen molar-refractivity contribution < 1.29 is 4.79 Å². The molecule has 0 unspecified atom stereocenters. The van der Waals surface area contributed by atoms with Gasteiger partial charge in [-0.3, -0.25) is 4.79 Å². The number of amides is 1. The number of rotatable bonds is 7. The maximum Gasteiger partial charge on any atom is 0.240 e. The van der Waals surface area contributed by atoms with E-state index in [1.54, 1.807) is 23.1 Å². The molecule has 0 radical (unpaired) electrons. The third-order valence-electron chi connectivity index (χ3n) is 4.36. The first-order valence-corrected chi connectivity index (χ1v) is 8.84. The van der Waals surface area contributed by atoms with Crippen LogP contribution in [0.4, 0.5) is 5.69 Å². The van der Waals surface area contributed by atoms with Gasteiger partial charge < -0.3 is 16.0 Å². The Hall–Kier alpha value is -2.28. The number of nitriles is 2. The average Bonchev–Trinajstić information content (AvgIpc) is 3.10. The molecule has 0 aliphatic carbocycles. The fourth-order valence-electron chi connectivity index (χ4n) is 2.94. The predicted molar refractivity (Wildman–Crippen MR) is 96.8 cm³/mol. The first-order valence-electron chi connectivity index (χ1n) is 8.46. The lowest BCUT2D eigenvalue weighted by atomic mass is 10.1. The lowest BCUT2D eigenvalue weighted by Gasteiger charge is -2.23. The number of nitrogens with one attached hydrogen (secondary N) is 1. The van der Waals surface area contributed by atoms with Crippen LogP contribution < -0.4 is 11.1 Å². The fraction of sp³-hybridized carbons (Fsp3) is 0.500. The number of hydrogen-bond donors (Lipinski definition) is 2. The number of carbonyl (C=O) groups is 1. The number of anilines is 1. The fourth-order valence-corrected chi connectivity index (χ4v) is 3.19. The Morgan fingerprint density at radius 2 is 2.24 bits per heavy atom. The highest BCUT2D eigenvalue weighted by molar-refractivity contribution is 6.33. The topological polar surface area (TPSA) is 106 Å². The molecule has 0 bridgehead atoms. The summed E-state index contributed by atoms with van der Waals surface area (Å²) in [6.07, 6.45) is 3.85. The van der Waals surface area contributed by atoms with Crippen LogP contribution in [0.15, 0.2) is 18.2 Å². The van der Waals surface area contributed by atoms with Crippen molar-refractivity contribution >= 4 is 23.2 Å². The van der Waals surface area contributed by atoms with Gasteiger partial charge in [0.05, 0.1) is 34.5 Å². The number of nitrogens with two attached hydrogens (primary N) is 1. The van der Waals surface area contributed by atoms with Gasteiger partial charge in [-0.05, 0) is 50.3 Å². The largest absolute Gasteiger partial charge is 0.384 e. The molecule has 1 aromatic carbocycles. The zero-order valence-corrected chi connectivity index (χ0v) is 14.8. The van der Waals surface area contributed by atoms with Crippen LogP contribution in [-0.4, -0.2) is 36.0 Å². The van der Waals surface area contributed by atoms with Gasteiger partial charge in [0.25, 0.3) is 0 Å². The van der Waals surface area contributed by atoms with Crippen LogP contribution in [0.25, 0.3) is 0 Å². The smallest absolute Gasteiger partial charge is 0.240 e. The van der Waals surface area contributed by atoms with E-state index >= 15 is 0 Å². The lowest BCUT2D eigenvalue weighted by molar-refractivity contribution is -0.132. The molecule has 1 aromatic rings. The van der Waals surface area contributed by atoms with Crippen molar-refractivity contribution in [1.82, 2.24) is 4.90 Å². The Balaban J connectivity index is 1.70. The van der Waals surface area contributed by atoms with Crippen molar-refractivity contribution in [3.8, 4) is 12.1 Å². The summed E-state index contributed by atoms with van der Waals surface area (Å²) in [4.78, 5) is 13.9. The molecule has 1 amide bonds.